The van der Waals surface area contributed by atoms with Gasteiger partial charge in [0, 0.05) is 11.2 Å². The van der Waals surface area contributed by atoms with E-state index in [4.69, 9.17) is 17.3 Å². The zero-order valence-corrected chi connectivity index (χ0v) is 11.2. The Labute approximate surface area is 115 Å². The van der Waals surface area contributed by atoms with E-state index in [2.05, 4.69) is 9.97 Å². The third-order valence-electron chi connectivity index (χ3n) is 3.04. The van der Waals surface area contributed by atoms with Crippen LogP contribution < -0.4 is 5.73 Å². The molecule has 5 heteroatoms. The van der Waals surface area contributed by atoms with Gasteiger partial charge in [0.1, 0.15) is 5.52 Å². The van der Waals surface area contributed by atoms with Crippen LogP contribution >= 0.6 is 11.6 Å². The molecule has 0 aliphatic carbocycles. The van der Waals surface area contributed by atoms with Gasteiger partial charge in [-0.1, -0.05) is 29.8 Å². The third-order valence-corrected chi connectivity index (χ3v) is 3.41. The minimum Gasteiger partial charge on any atom is -0.369 e. The fraction of sp³-hybridized carbons (Fsp3) is 0.143. The van der Waals surface area contributed by atoms with Gasteiger partial charge >= 0.3 is 0 Å². The number of nitrogens with zero attached hydrogens (tertiary/aromatic N) is 3. The molecule has 3 rings (SSSR count). The molecule has 2 aromatic heterocycles. The van der Waals surface area contributed by atoms with Crippen LogP contribution in [0.3, 0.4) is 0 Å². The van der Waals surface area contributed by atoms with E-state index in [1.54, 1.807) is 0 Å². The van der Waals surface area contributed by atoms with Gasteiger partial charge in [0.2, 0.25) is 5.95 Å². The van der Waals surface area contributed by atoms with Crippen LogP contribution in [-0.4, -0.2) is 14.5 Å². The Morgan fingerprint density at radius 2 is 2.11 bits per heavy atom. The molecule has 0 saturated carbocycles. The normalized spacial score (nSPS) is 11.1. The molecule has 4 nitrogen and oxygen atoms in total. The lowest BCUT2D eigenvalue weighted by Gasteiger charge is -2.07. The van der Waals surface area contributed by atoms with Crippen molar-refractivity contribution >= 4 is 28.7 Å². The number of fused-ring (bicyclic) bond motifs is 1. The highest BCUT2D eigenvalue weighted by Gasteiger charge is 2.11. The van der Waals surface area contributed by atoms with Crippen LogP contribution in [0, 0.1) is 6.92 Å². The van der Waals surface area contributed by atoms with Crippen LogP contribution in [0.15, 0.2) is 36.5 Å². The Kier molecular flexibility index (Phi) is 2.87. The first kappa shape index (κ1) is 12.0. The van der Waals surface area contributed by atoms with Gasteiger partial charge in [-0.25, -0.2) is 9.97 Å². The van der Waals surface area contributed by atoms with Crippen molar-refractivity contribution in [3.63, 3.8) is 0 Å². The standard InChI is InChI=1S/C14H13ClN4/c1-9-6-12-13(17-7-9)19(14(16)18-12)8-10-4-2-3-5-11(10)15/h2-7H,8H2,1H3,(H2,16,18). The predicted octanol–water partition coefficient (Wildman–Crippen LogP) is 3.02. The SMILES string of the molecule is Cc1cnc2c(c1)nc(N)n2Cc1ccccc1Cl. The van der Waals surface area contributed by atoms with Gasteiger partial charge in [-0.15, -0.1) is 0 Å². The molecule has 96 valence electrons. The number of aromatic nitrogens is 3. The number of aryl methyl sites for hydroxylation is 1. The molecule has 0 aliphatic rings. The van der Waals surface area contributed by atoms with Gasteiger partial charge in [-0.05, 0) is 30.2 Å². The molecule has 2 heterocycles. The Bertz CT molecular complexity index is 748. The van der Waals surface area contributed by atoms with Crippen LogP contribution in [0.4, 0.5) is 5.95 Å². The summed E-state index contributed by atoms with van der Waals surface area (Å²) >= 11 is 6.17. The minimum atomic E-state index is 0.452. The van der Waals surface area contributed by atoms with Crippen molar-refractivity contribution in [2.24, 2.45) is 0 Å². The predicted molar refractivity (Wildman–Crippen MR) is 77.2 cm³/mol. The Balaban J connectivity index is 2.10. The van der Waals surface area contributed by atoms with Crippen LogP contribution in [0.2, 0.25) is 5.02 Å². The number of anilines is 1. The first-order valence-corrected chi connectivity index (χ1v) is 6.35. The maximum atomic E-state index is 6.17. The molecular weight excluding hydrogens is 260 g/mol. The van der Waals surface area contributed by atoms with Crippen LogP contribution in [0.1, 0.15) is 11.1 Å². The molecule has 0 amide bonds. The smallest absolute Gasteiger partial charge is 0.202 e. The summed E-state index contributed by atoms with van der Waals surface area (Å²) in [5, 5.41) is 0.718. The van der Waals surface area contributed by atoms with Crippen molar-refractivity contribution in [3.8, 4) is 0 Å². The van der Waals surface area contributed by atoms with Crippen molar-refractivity contribution in [2.75, 3.05) is 5.73 Å². The van der Waals surface area contributed by atoms with E-state index in [1.807, 2.05) is 48.0 Å². The van der Waals surface area contributed by atoms with Crippen LogP contribution in [0.25, 0.3) is 11.2 Å². The molecule has 0 radical (unpaired) electrons. The molecule has 3 aromatic rings. The summed E-state index contributed by atoms with van der Waals surface area (Å²) < 4.78 is 1.87. The lowest BCUT2D eigenvalue weighted by molar-refractivity contribution is 0.828. The van der Waals surface area contributed by atoms with Crippen molar-refractivity contribution < 1.29 is 0 Å². The number of benzene rings is 1. The van der Waals surface area contributed by atoms with Gasteiger partial charge in [0.05, 0.1) is 6.54 Å². The molecule has 1 aromatic carbocycles. The van der Waals surface area contributed by atoms with Gasteiger partial charge in [-0.3, -0.25) is 4.57 Å². The molecular formula is C14H13ClN4. The van der Waals surface area contributed by atoms with Gasteiger partial charge in [-0.2, -0.15) is 0 Å². The summed E-state index contributed by atoms with van der Waals surface area (Å²) in [6, 6.07) is 9.67. The number of nitrogens with two attached hydrogens (primary N) is 1. The molecule has 0 atom stereocenters. The maximum absolute atomic E-state index is 6.17. The first-order valence-electron chi connectivity index (χ1n) is 5.97. The monoisotopic (exact) mass is 272 g/mol. The lowest BCUT2D eigenvalue weighted by atomic mass is 10.2. The largest absolute Gasteiger partial charge is 0.369 e. The summed E-state index contributed by atoms with van der Waals surface area (Å²) in [7, 11) is 0. The number of hydrogen-bond acceptors (Lipinski definition) is 3. The number of imidazole rings is 1. The fourth-order valence-electron chi connectivity index (χ4n) is 2.08. The average molecular weight is 273 g/mol. The Morgan fingerprint density at radius 3 is 2.89 bits per heavy atom. The van der Waals surface area contributed by atoms with Crippen LogP contribution in [-0.2, 0) is 6.54 Å². The Morgan fingerprint density at radius 1 is 1.32 bits per heavy atom. The zero-order valence-electron chi connectivity index (χ0n) is 10.5. The van der Waals surface area contributed by atoms with E-state index >= 15 is 0 Å². The van der Waals surface area contributed by atoms with Crippen molar-refractivity contribution in [1.82, 2.24) is 14.5 Å². The summed E-state index contributed by atoms with van der Waals surface area (Å²) in [4.78, 5) is 8.74. The number of hydrogen-bond donors (Lipinski definition) is 1. The highest BCUT2D eigenvalue weighted by Crippen LogP contribution is 2.21. The first-order chi connectivity index (χ1) is 9.15. The topological polar surface area (TPSA) is 56.7 Å². The summed E-state index contributed by atoms with van der Waals surface area (Å²) in [6.45, 7) is 2.55. The average Bonchev–Trinajstić information content (AvgIpc) is 2.68. The molecule has 19 heavy (non-hydrogen) atoms. The minimum absolute atomic E-state index is 0.452. The lowest BCUT2D eigenvalue weighted by Crippen LogP contribution is -2.05. The van der Waals surface area contributed by atoms with Crippen LogP contribution in [0.5, 0.6) is 0 Å². The van der Waals surface area contributed by atoms with Crippen molar-refractivity contribution in [2.45, 2.75) is 13.5 Å². The summed E-state index contributed by atoms with van der Waals surface area (Å²) in [6.07, 6.45) is 1.81. The number of halogens is 1. The van der Waals surface area contributed by atoms with Crippen molar-refractivity contribution in [3.05, 3.63) is 52.7 Å². The number of rotatable bonds is 2. The number of nitrogen functional groups attached to an aromatic ring is 1. The van der Waals surface area contributed by atoms with E-state index in [0.717, 1.165) is 27.3 Å². The highest BCUT2D eigenvalue weighted by atomic mass is 35.5. The summed E-state index contributed by atoms with van der Waals surface area (Å²) in [5.41, 5.74) is 9.62. The second-order valence-electron chi connectivity index (χ2n) is 4.50. The second kappa shape index (κ2) is 4.55. The molecule has 0 saturated heterocycles. The third kappa shape index (κ3) is 2.15. The molecule has 2 N–H and O–H groups in total. The quantitative estimate of drug-likeness (QED) is 0.780. The molecule has 0 aliphatic heterocycles. The zero-order chi connectivity index (χ0) is 13.4. The van der Waals surface area contributed by atoms with Crippen molar-refractivity contribution in [1.29, 1.82) is 0 Å². The Hall–Kier alpha value is -2.07. The molecule has 0 fully saturated rings. The molecule has 0 spiro atoms. The molecule has 0 bridgehead atoms. The van der Waals surface area contributed by atoms with Gasteiger partial charge < -0.3 is 5.73 Å². The molecule has 0 unspecified atom stereocenters. The van der Waals surface area contributed by atoms with E-state index in [9.17, 15) is 0 Å². The van der Waals surface area contributed by atoms with E-state index < -0.39 is 0 Å². The van der Waals surface area contributed by atoms with E-state index in [0.29, 0.717) is 12.5 Å². The van der Waals surface area contributed by atoms with E-state index in [1.165, 1.54) is 0 Å². The van der Waals surface area contributed by atoms with Gasteiger partial charge in [0.25, 0.3) is 0 Å². The maximum Gasteiger partial charge on any atom is 0.202 e. The van der Waals surface area contributed by atoms with Gasteiger partial charge in [0.15, 0.2) is 5.65 Å². The number of pyridine rings is 1. The second-order valence-corrected chi connectivity index (χ2v) is 4.91. The van der Waals surface area contributed by atoms with E-state index in [-0.39, 0.29) is 0 Å². The highest BCUT2D eigenvalue weighted by molar-refractivity contribution is 6.31. The fourth-order valence-corrected chi connectivity index (χ4v) is 2.28. The summed E-state index contributed by atoms with van der Waals surface area (Å²) in [5.74, 6) is 0.452.